The average Bonchev–Trinajstić information content (AvgIpc) is 2.45. The highest BCUT2D eigenvalue weighted by atomic mass is 32.2. The summed E-state index contributed by atoms with van der Waals surface area (Å²) in [6, 6.07) is 7.30. The van der Waals surface area contributed by atoms with Gasteiger partial charge in [-0.2, -0.15) is 4.31 Å². The lowest BCUT2D eigenvalue weighted by atomic mass is 10.1. The van der Waals surface area contributed by atoms with E-state index in [-0.39, 0.29) is 12.1 Å². The molecule has 0 radical (unpaired) electrons. The summed E-state index contributed by atoms with van der Waals surface area (Å²) in [6.45, 7) is 6.02. The van der Waals surface area contributed by atoms with Crippen LogP contribution in [0.4, 0.5) is 0 Å². The van der Waals surface area contributed by atoms with E-state index in [1.54, 1.807) is 25.2 Å². The molecule has 0 aliphatic carbocycles. The van der Waals surface area contributed by atoms with Crippen LogP contribution in [-0.2, 0) is 10.0 Å². The largest absolute Gasteiger partial charge is 0.313 e. The highest BCUT2D eigenvalue weighted by molar-refractivity contribution is 7.89. The van der Waals surface area contributed by atoms with Gasteiger partial charge in [-0.05, 0) is 45.0 Å². The quantitative estimate of drug-likeness (QED) is 0.842. The van der Waals surface area contributed by atoms with Crippen LogP contribution in [0.3, 0.4) is 0 Å². The molecule has 0 aromatic heterocycles. The van der Waals surface area contributed by atoms with Crippen LogP contribution in [0.2, 0.25) is 0 Å². The van der Waals surface area contributed by atoms with Crippen molar-refractivity contribution >= 4 is 10.0 Å². The average molecular weight is 298 g/mol. The molecule has 1 N–H and O–H groups in total. The number of benzene rings is 1. The summed E-state index contributed by atoms with van der Waals surface area (Å²) in [4.78, 5) is 0.363. The van der Waals surface area contributed by atoms with E-state index in [1.807, 2.05) is 27.0 Å². The molecule has 4 nitrogen and oxygen atoms in total. The first kappa shape index (κ1) is 17.1. The molecule has 0 bridgehead atoms. The lowest BCUT2D eigenvalue weighted by Crippen LogP contribution is -2.35. The van der Waals surface area contributed by atoms with E-state index in [4.69, 9.17) is 0 Å². The first-order chi connectivity index (χ1) is 9.34. The molecule has 1 rings (SSSR count). The van der Waals surface area contributed by atoms with E-state index < -0.39 is 10.0 Å². The molecule has 0 fully saturated rings. The van der Waals surface area contributed by atoms with Gasteiger partial charge in [0.2, 0.25) is 10.0 Å². The second-order valence-electron chi connectivity index (χ2n) is 5.24. The van der Waals surface area contributed by atoms with Crippen LogP contribution in [0, 0.1) is 0 Å². The van der Waals surface area contributed by atoms with Crippen molar-refractivity contribution in [3.63, 3.8) is 0 Å². The lowest BCUT2D eigenvalue weighted by molar-refractivity contribution is 0.368. The third-order valence-electron chi connectivity index (χ3n) is 3.80. The Hall–Kier alpha value is -0.910. The van der Waals surface area contributed by atoms with Crippen LogP contribution in [0.1, 0.15) is 45.2 Å². The van der Waals surface area contributed by atoms with Gasteiger partial charge in [0.1, 0.15) is 0 Å². The molecule has 5 heteroatoms. The van der Waals surface area contributed by atoms with Crippen molar-refractivity contribution in [2.24, 2.45) is 0 Å². The topological polar surface area (TPSA) is 49.4 Å². The monoisotopic (exact) mass is 298 g/mol. The smallest absolute Gasteiger partial charge is 0.243 e. The fourth-order valence-electron chi connectivity index (χ4n) is 2.11. The molecule has 20 heavy (non-hydrogen) atoms. The minimum Gasteiger partial charge on any atom is -0.313 e. The molecule has 1 aromatic carbocycles. The summed E-state index contributed by atoms with van der Waals surface area (Å²) in [5.74, 6) is 0. The number of nitrogens with one attached hydrogen (secondary N) is 1. The van der Waals surface area contributed by atoms with Gasteiger partial charge in [0.15, 0.2) is 0 Å². The Morgan fingerprint density at radius 1 is 1.30 bits per heavy atom. The van der Waals surface area contributed by atoms with Gasteiger partial charge in [-0.1, -0.05) is 25.5 Å². The lowest BCUT2D eigenvalue weighted by Gasteiger charge is -2.24. The molecule has 0 amide bonds. The Morgan fingerprint density at radius 2 is 1.95 bits per heavy atom. The SMILES string of the molecule is CCCC(C)N(C)S(=O)(=O)c1cccc(C(C)NC)c1. The fourth-order valence-corrected chi connectivity index (χ4v) is 3.56. The molecule has 0 heterocycles. The fraction of sp³-hybridized carbons (Fsp3) is 0.600. The Balaban J connectivity index is 3.09. The first-order valence-corrected chi connectivity index (χ1v) is 8.53. The van der Waals surface area contributed by atoms with Gasteiger partial charge in [-0.3, -0.25) is 0 Å². The van der Waals surface area contributed by atoms with Crippen molar-refractivity contribution in [1.29, 1.82) is 0 Å². The zero-order chi connectivity index (χ0) is 15.3. The summed E-state index contributed by atoms with van der Waals surface area (Å²) in [5, 5.41) is 3.12. The minimum absolute atomic E-state index is 0.00961. The van der Waals surface area contributed by atoms with Gasteiger partial charge in [0.05, 0.1) is 4.90 Å². The van der Waals surface area contributed by atoms with Gasteiger partial charge in [-0.15, -0.1) is 0 Å². The van der Waals surface area contributed by atoms with E-state index in [2.05, 4.69) is 12.2 Å². The number of hydrogen-bond donors (Lipinski definition) is 1. The summed E-state index contributed by atoms with van der Waals surface area (Å²) in [6.07, 6.45) is 1.83. The molecule has 0 spiro atoms. The Labute approximate surface area is 123 Å². The van der Waals surface area contributed by atoms with Crippen molar-refractivity contribution in [2.75, 3.05) is 14.1 Å². The van der Waals surface area contributed by atoms with Crippen LogP contribution in [0.25, 0.3) is 0 Å². The standard InChI is InChI=1S/C15H26N2O2S/c1-6-8-12(2)17(5)20(18,19)15-10-7-9-14(11-15)13(3)16-4/h7,9-13,16H,6,8H2,1-5H3. The molecular weight excluding hydrogens is 272 g/mol. The number of rotatable bonds is 7. The zero-order valence-corrected chi connectivity index (χ0v) is 13.9. The van der Waals surface area contributed by atoms with Crippen LogP contribution >= 0.6 is 0 Å². The molecule has 2 unspecified atom stereocenters. The summed E-state index contributed by atoms with van der Waals surface area (Å²) in [7, 11) is 0.0999. The van der Waals surface area contributed by atoms with Gasteiger partial charge in [0, 0.05) is 19.1 Å². The predicted octanol–water partition coefficient (Wildman–Crippen LogP) is 2.78. The number of nitrogens with zero attached hydrogens (tertiary/aromatic N) is 1. The number of sulfonamides is 1. The molecule has 0 aliphatic rings. The second kappa shape index (κ2) is 7.20. The maximum Gasteiger partial charge on any atom is 0.243 e. The highest BCUT2D eigenvalue weighted by Crippen LogP contribution is 2.22. The van der Waals surface area contributed by atoms with E-state index in [0.717, 1.165) is 18.4 Å². The summed E-state index contributed by atoms with van der Waals surface area (Å²) >= 11 is 0. The van der Waals surface area contributed by atoms with Gasteiger partial charge in [0.25, 0.3) is 0 Å². The van der Waals surface area contributed by atoms with E-state index in [0.29, 0.717) is 4.90 Å². The molecule has 0 aliphatic heterocycles. The normalized spacial score (nSPS) is 15.3. The Bertz CT molecular complexity index is 528. The molecule has 114 valence electrons. The summed E-state index contributed by atoms with van der Waals surface area (Å²) < 4.78 is 26.7. The molecule has 0 saturated carbocycles. The third kappa shape index (κ3) is 3.81. The minimum atomic E-state index is -3.42. The maximum absolute atomic E-state index is 12.6. The maximum atomic E-state index is 12.6. The van der Waals surface area contributed by atoms with Crippen LogP contribution in [0.5, 0.6) is 0 Å². The zero-order valence-electron chi connectivity index (χ0n) is 13.1. The van der Waals surface area contributed by atoms with Crippen LogP contribution in [0.15, 0.2) is 29.2 Å². The third-order valence-corrected chi connectivity index (χ3v) is 5.76. The van der Waals surface area contributed by atoms with Crippen LogP contribution in [-0.4, -0.2) is 32.9 Å². The predicted molar refractivity (Wildman–Crippen MR) is 83.2 cm³/mol. The highest BCUT2D eigenvalue weighted by Gasteiger charge is 2.25. The van der Waals surface area contributed by atoms with Crippen molar-refractivity contribution in [3.05, 3.63) is 29.8 Å². The molecule has 0 saturated heterocycles. The van der Waals surface area contributed by atoms with Crippen molar-refractivity contribution < 1.29 is 8.42 Å². The van der Waals surface area contributed by atoms with Gasteiger partial charge >= 0.3 is 0 Å². The second-order valence-corrected chi connectivity index (χ2v) is 7.24. The van der Waals surface area contributed by atoms with Crippen molar-refractivity contribution in [2.45, 2.75) is 50.6 Å². The molecular formula is C15H26N2O2S. The van der Waals surface area contributed by atoms with Crippen molar-refractivity contribution in [3.8, 4) is 0 Å². The van der Waals surface area contributed by atoms with E-state index in [1.165, 1.54) is 4.31 Å². The molecule has 1 aromatic rings. The van der Waals surface area contributed by atoms with Crippen LogP contribution < -0.4 is 5.32 Å². The number of hydrogen-bond acceptors (Lipinski definition) is 3. The van der Waals surface area contributed by atoms with Gasteiger partial charge < -0.3 is 5.32 Å². The Morgan fingerprint density at radius 3 is 2.50 bits per heavy atom. The van der Waals surface area contributed by atoms with Crippen molar-refractivity contribution in [1.82, 2.24) is 9.62 Å². The van der Waals surface area contributed by atoms with E-state index >= 15 is 0 Å². The van der Waals surface area contributed by atoms with Gasteiger partial charge in [-0.25, -0.2) is 8.42 Å². The summed E-state index contributed by atoms with van der Waals surface area (Å²) in [5.41, 5.74) is 0.977. The molecule has 2 atom stereocenters. The Kier molecular flexibility index (Phi) is 6.17. The first-order valence-electron chi connectivity index (χ1n) is 7.09. The van der Waals surface area contributed by atoms with E-state index in [9.17, 15) is 8.42 Å².